The summed E-state index contributed by atoms with van der Waals surface area (Å²) in [4.78, 5) is 96.3. The molecule has 0 spiro atoms. The van der Waals surface area contributed by atoms with Crippen molar-refractivity contribution in [3.8, 4) is 0 Å². The summed E-state index contributed by atoms with van der Waals surface area (Å²) in [5.41, 5.74) is -3.19. The number of alkyl carbamates (subject to hydrolysis) is 2. The molecule has 0 unspecified atom stereocenters. The van der Waals surface area contributed by atoms with Crippen LogP contribution in [0.5, 0.6) is 0 Å². The Morgan fingerprint density at radius 3 is 0.922 bits per heavy atom. The Morgan fingerprint density at radius 2 is 0.686 bits per heavy atom. The molecule has 0 aromatic rings. The minimum atomic E-state index is -1.62. The Labute approximate surface area is 294 Å². The van der Waals surface area contributed by atoms with Crippen LogP contribution in [0.4, 0.5) is 9.59 Å². The Balaban J connectivity index is 5.68. The van der Waals surface area contributed by atoms with E-state index in [1.807, 2.05) is 0 Å². The minimum absolute atomic E-state index is 0.0207. The van der Waals surface area contributed by atoms with Crippen LogP contribution < -0.4 is 10.6 Å². The average Bonchev–Trinajstić information content (AvgIpc) is 3.12. The van der Waals surface area contributed by atoms with Crippen molar-refractivity contribution in [2.75, 3.05) is 59.5 Å². The first-order valence-electron chi connectivity index (χ1n) is 14.6. The number of rotatable bonds is 24. The number of hydrogen-bond donors (Lipinski definition) is 2. The average molecular weight is 723 g/mol. The number of nitrogens with one attached hydrogen (secondary N) is 2. The van der Waals surface area contributed by atoms with Gasteiger partial charge in [-0.3, -0.25) is 0 Å². The fourth-order valence-corrected chi connectivity index (χ4v) is 3.04. The van der Waals surface area contributed by atoms with Crippen molar-refractivity contribution in [1.29, 1.82) is 0 Å². The molecule has 0 aliphatic rings. The summed E-state index contributed by atoms with van der Waals surface area (Å²) >= 11 is 0. The summed E-state index contributed by atoms with van der Waals surface area (Å²) in [6, 6.07) is 0. The van der Waals surface area contributed by atoms with Gasteiger partial charge >= 0.3 is 48.0 Å². The Hall–Kier alpha value is -6.20. The third-order valence-corrected chi connectivity index (χ3v) is 5.95. The molecule has 0 atom stereocenters. The highest BCUT2D eigenvalue weighted by molar-refractivity contribution is 5.87. The van der Waals surface area contributed by atoms with E-state index < -0.39 is 118 Å². The smallest absolute Gasteiger partial charge is 0.408 e. The van der Waals surface area contributed by atoms with Crippen LogP contribution in [0.25, 0.3) is 0 Å². The van der Waals surface area contributed by atoms with E-state index >= 15 is 0 Å². The van der Waals surface area contributed by atoms with Gasteiger partial charge in [0, 0.05) is 35.5 Å². The molecule has 0 aromatic carbocycles. The number of carbonyl (C=O) groups is 8. The quantitative estimate of drug-likeness (QED) is 0.0622. The highest BCUT2D eigenvalue weighted by Crippen LogP contribution is 2.23. The molecule has 51 heavy (non-hydrogen) atoms. The van der Waals surface area contributed by atoms with E-state index in [1.54, 1.807) is 0 Å². The van der Waals surface area contributed by atoms with Gasteiger partial charge in [-0.25, -0.2) is 38.4 Å². The summed E-state index contributed by atoms with van der Waals surface area (Å²) in [6.45, 7) is 17.4. The molecule has 2 N–H and O–H groups in total. The molecule has 280 valence electrons. The van der Waals surface area contributed by atoms with Crippen molar-refractivity contribution in [2.24, 2.45) is 10.8 Å². The molecule has 0 radical (unpaired) electrons. The second kappa shape index (κ2) is 23.2. The van der Waals surface area contributed by atoms with E-state index in [2.05, 4.69) is 50.1 Å². The first-order valence-corrected chi connectivity index (χ1v) is 14.6. The van der Waals surface area contributed by atoms with Crippen molar-refractivity contribution in [3.63, 3.8) is 0 Å². The van der Waals surface area contributed by atoms with Crippen molar-refractivity contribution < 1.29 is 76.3 Å². The maximum absolute atomic E-state index is 12.5. The van der Waals surface area contributed by atoms with Crippen LogP contribution in [-0.4, -0.2) is 108 Å². The molecule has 0 saturated carbocycles. The molecule has 18 heteroatoms. The molecular formula is C33H42N2O16. The monoisotopic (exact) mass is 722 g/mol. The fourth-order valence-electron chi connectivity index (χ4n) is 3.04. The SMILES string of the molecule is C=CC(=O)OCC(COC(=O)C=C)(COC(=O)NCNC(=O)OCC(COC(=O)C=C)(COC(=O)C=C)COC(=O)C(=C)C)COC(=O)C(=C)C. The molecule has 0 aliphatic heterocycles. The van der Waals surface area contributed by atoms with Crippen molar-refractivity contribution in [2.45, 2.75) is 13.8 Å². The van der Waals surface area contributed by atoms with Crippen molar-refractivity contribution in [3.05, 3.63) is 74.9 Å². The highest BCUT2D eigenvalue weighted by atomic mass is 16.6. The van der Waals surface area contributed by atoms with Gasteiger partial charge in [-0.15, -0.1) is 0 Å². The van der Waals surface area contributed by atoms with Crippen LogP contribution in [0.2, 0.25) is 0 Å². The van der Waals surface area contributed by atoms with Crippen LogP contribution in [0.3, 0.4) is 0 Å². The van der Waals surface area contributed by atoms with Gasteiger partial charge in [-0.1, -0.05) is 39.5 Å². The Kier molecular flexibility index (Phi) is 20.4. The molecule has 18 nitrogen and oxygen atoms in total. The summed E-state index contributed by atoms with van der Waals surface area (Å²) in [5, 5.41) is 4.37. The summed E-state index contributed by atoms with van der Waals surface area (Å²) in [7, 11) is 0. The van der Waals surface area contributed by atoms with Crippen LogP contribution in [0.1, 0.15) is 13.8 Å². The predicted octanol–water partition coefficient (Wildman–Crippen LogP) is 1.52. The molecule has 0 aliphatic carbocycles. The second-order valence-electron chi connectivity index (χ2n) is 10.6. The third-order valence-electron chi connectivity index (χ3n) is 5.95. The topological polar surface area (TPSA) is 234 Å². The van der Waals surface area contributed by atoms with E-state index in [1.165, 1.54) is 13.8 Å². The highest BCUT2D eigenvalue weighted by Gasteiger charge is 2.39. The molecule has 0 heterocycles. The van der Waals surface area contributed by atoms with Crippen molar-refractivity contribution >= 4 is 48.0 Å². The first kappa shape index (κ1) is 44.8. The van der Waals surface area contributed by atoms with Gasteiger partial charge in [0.15, 0.2) is 0 Å². The van der Waals surface area contributed by atoms with Gasteiger partial charge in [-0.05, 0) is 13.8 Å². The second-order valence-corrected chi connectivity index (χ2v) is 10.6. The zero-order valence-electron chi connectivity index (χ0n) is 28.4. The van der Waals surface area contributed by atoms with Crippen LogP contribution in [0, 0.1) is 10.8 Å². The molecule has 2 amide bonds. The summed E-state index contributed by atoms with van der Waals surface area (Å²) < 4.78 is 40.9. The lowest BCUT2D eigenvalue weighted by atomic mass is 9.92. The molecule has 0 fully saturated rings. The van der Waals surface area contributed by atoms with E-state index in [4.69, 9.17) is 37.9 Å². The zero-order chi connectivity index (χ0) is 39.0. The van der Waals surface area contributed by atoms with E-state index in [9.17, 15) is 38.4 Å². The number of ether oxygens (including phenoxy) is 8. The van der Waals surface area contributed by atoms with Gasteiger partial charge in [0.25, 0.3) is 0 Å². The summed E-state index contributed by atoms with van der Waals surface area (Å²) in [5.74, 6) is -5.22. The maximum atomic E-state index is 12.5. The van der Waals surface area contributed by atoms with E-state index in [0.717, 1.165) is 24.3 Å². The number of esters is 6. The molecule has 0 bridgehead atoms. The fraction of sp³-hybridized carbons (Fsp3) is 0.394. The summed E-state index contributed by atoms with van der Waals surface area (Å²) in [6.07, 6.45) is 1.09. The zero-order valence-corrected chi connectivity index (χ0v) is 28.4. The van der Waals surface area contributed by atoms with Crippen LogP contribution in [0.15, 0.2) is 74.9 Å². The lowest BCUT2D eigenvalue weighted by molar-refractivity contribution is -0.161. The molecule has 0 saturated heterocycles. The van der Waals surface area contributed by atoms with Crippen LogP contribution in [-0.2, 0) is 66.7 Å². The van der Waals surface area contributed by atoms with Crippen LogP contribution >= 0.6 is 0 Å². The third kappa shape index (κ3) is 18.8. The van der Waals surface area contributed by atoms with Gasteiger partial charge in [0.1, 0.15) is 63.7 Å². The van der Waals surface area contributed by atoms with Gasteiger partial charge in [0.05, 0.1) is 6.67 Å². The Morgan fingerprint density at radius 1 is 0.451 bits per heavy atom. The van der Waals surface area contributed by atoms with Gasteiger partial charge < -0.3 is 48.5 Å². The van der Waals surface area contributed by atoms with E-state index in [0.29, 0.717) is 0 Å². The molecular weight excluding hydrogens is 680 g/mol. The Bertz CT molecular complexity index is 1230. The maximum Gasteiger partial charge on any atom is 0.408 e. The lowest BCUT2D eigenvalue weighted by Crippen LogP contribution is -2.46. The lowest BCUT2D eigenvalue weighted by Gasteiger charge is -2.31. The number of amides is 2. The molecule has 0 aromatic heterocycles. The number of carbonyl (C=O) groups excluding carboxylic acids is 8. The van der Waals surface area contributed by atoms with E-state index in [-0.39, 0.29) is 11.1 Å². The van der Waals surface area contributed by atoms with Crippen molar-refractivity contribution in [1.82, 2.24) is 10.6 Å². The first-order chi connectivity index (χ1) is 24.0. The van der Waals surface area contributed by atoms with Gasteiger partial charge in [0.2, 0.25) is 0 Å². The van der Waals surface area contributed by atoms with Gasteiger partial charge in [-0.2, -0.15) is 0 Å². The molecule has 0 rings (SSSR count). The minimum Gasteiger partial charge on any atom is -0.462 e. The predicted molar refractivity (Wildman–Crippen MR) is 175 cm³/mol. The normalized spacial score (nSPS) is 10.4. The number of hydrogen-bond acceptors (Lipinski definition) is 16. The largest absolute Gasteiger partial charge is 0.462 e. The standard InChI is InChI=1S/C33H42N2O16/c1-9-24(36)44-13-32(14-45-25(37)10-2,17-48-28(40)22(5)6)19-50-30(42)34-21-35-31(43)51-20-33(15-46-26(38)11-3,16-47-27(39)12-4)18-49-29(41)23(7)8/h9-12H,1-5,7,13-21H2,6,8H3,(H,34,42)(H,35,43).